The minimum absolute atomic E-state index is 0.119. The number of rotatable bonds is 5. The molecule has 2 rings (SSSR count). The van der Waals surface area contributed by atoms with Gasteiger partial charge in [0, 0.05) is 30.9 Å². The third-order valence-electron chi connectivity index (χ3n) is 4.04. The highest BCUT2D eigenvalue weighted by Gasteiger charge is 2.24. The van der Waals surface area contributed by atoms with Crippen LogP contribution in [0.3, 0.4) is 0 Å². The summed E-state index contributed by atoms with van der Waals surface area (Å²) < 4.78 is 0. The van der Waals surface area contributed by atoms with Crippen molar-refractivity contribution >= 4 is 11.7 Å². The molecule has 20 heavy (non-hydrogen) atoms. The minimum atomic E-state index is 0.119. The molecule has 4 heteroatoms. The maximum Gasteiger partial charge on any atom is 0.254 e. The van der Waals surface area contributed by atoms with Gasteiger partial charge in [0.25, 0.3) is 5.91 Å². The molecule has 0 spiro atoms. The Morgan fingerprint density at radius 2 is 2.05 bits per heavy atom. The van der Waals surface area contributed by atoms with E-state index in [1.54, 1.807) is 0 Å². The number of carbonyl (C=O) groups excluding carboxylic acids is 1. The first-order chi connectivity index (χ1) is 9.65. The number of nitrogens with zero attached hydrogens (tertiary/aromatic N) is 2. The number of nitrogens with one attached hydrogen (secondary N) is 1. The molecule has 0 radical (unpaired) electrons. The van der Waals surface area contributed by atoms with E-state index in [4.69, 9.17) is 0 Å². The number of hydrogen-bond acceptors (Lipinski definition) is 3. The molecular weight excluding hydrogens is 250 g/mol. The Balaban J connectivity index is 2.21. The van der Waals surface area contributed by atoms with Crippen molar-refractivity contribution in [1.29, 1.82) is 0 Å². The Labute approximate surface area is 121 Å². The molecule has 1 fully saturated rings. The lowest BCUT2D eigenvalue weighted by molar-refractivity contribution is 0.0735. The maximum atomic E-state index is 12.6. The summed E-state index contributed by atoms with van der Waals surface area (Å²) in [6, 6.07) is 4.20. The Morgan fingerprint density at radius 1 is 1.35 bits per heavy atom. The number of aromatic nitrogens is 1. The average molecular weight is 275 g/mol. The van der Waals surface area contributed by atoms with Gasteiger partial charge in [-0.25, -0.2) is 4.98 Å². The van der Waals surface area contributed by atoms with Gasteiger partial charge in [0.15, 0.2) is 0 Å². The van der Waals surface area contributed by atoms with Crippen molar-refractivity contribution in [3.8, 4) is 0 Å². The fourth-order valence-corrected chi connectivity index (χ4v) is 2.83. The second-order valence-electron chi connectivity index (χ2n) is 5.47. The summed E-state index contributed by atoms with van der Waals surface area (Å²) in [5.74, 6) is 0.920. The molecule has 0 bridgehead atoms. The lowest BCUT2D eigenvalue weighted by atomic mass is 10.1. The number of aryl methyl sites for hydroxylation is 1. The molecule has 1 aliphatic rings. The third kappa shape index (κ3) is 3.30. The predicted molar refractivity (Wildman–Crippen MR) is 82.1 cm³/mol. The molecule has 1 N–H and O–H groups in total. The molecule has 1 aromatic rings. The summed E-state index contributed by atoms with van der Waals surface area (Å²) in [5.41, 5.74) is 1.72. The Morgan fingerprint density at radius 3 is 2.65 bits per heavy atom. The van der Waals surface area contributed by atoms with E-state index in [0.717, 1.165) is 42.9 Å². The van der Waals surface area contributed by atoms with Crippen LogP contribution in [0.5, 0.6) is 0 Å². The van der Waals surface area contributed by atoms with Crippen molar-refractivity contribution < 1.29 is 4.79 Å². The zero-order valence-electron chi connectivity index (χ0n) is 12.8. The second-order valence-corrected chi connectivity index (χ2v) is 5.47. The van der Waals surface area contributed by atoms with Crippen LogP contribution in [0.2, 0.25) is 0 Å². The maximum absolute atomic E-state index is 12.6. The lowest BCUT2D eigenvalue weighted by Crippen LogP contribution is -2.35. The first-order valence-electron chi connectivity index (χ1n) is 7.67. The topological polar surface area (TPSA) is 45.2 Å². The zero-order valence-corrected chi connectivity index (χ0v) is 12.8. The van der Waals surface area contributed by atoms with E-state index in [1.165, 1.54) is 12.8 Å². The summed E-state index contributed by atoms with van der Waals surface area (Å²) >= 11 is 0. The van der Waals surface area contributed by atoms with E-state index in [2.05, 4.69) is 17.2 Å². The van der Waals surface area contributed by atoms with Crippen LogP contribution in [0.25, 0.3) is 0 Å². The van der Waals surface area contributed by atoms with Gasteiger partial charge in [-0.2, -0.15) is 0 Å². The van der Waals surface area contributed by atoms with Crippen molar-refractivity contribution in [2.75, 3.05) is 18.9 Å². The molecule has 1 heterocycles. The molecule has 1 aromatic heterocycles. The van der Waals surface area contributed by atoms with Gasteiger partial charge in [0.05, 0.1) is 0 Å². The van der Waals surface area contributed by atoms with Crippen molar-refractivity contribution in [2.45, 2.75) is 52.0 Å². The Kier molecular flexibility index (Phi) is 4.99. The monoisotopic (exact) mass is 275 g/mol. The van der Waals surface area contributed by atoms with E-state index in [0.29, 0.717) is 6.04 Å². The number of pyridine rings is 1. The molecule has 0 aliphatic heterocycles. The number of amides is 1. The van der Waals surface area contributed by atoms with Crippen LogP contribution >= 0.6 is 0 Å². The highest BCUT2D eigenvalue weighted by Crippen LogP contribution is 2.24. The molecule has 4 nitrogen and oxygen atoms in total. The molecule has 0 aromatic carbocycles. The van der Waals surface area contributed by atoms with E-state index < -0.39 is 0 Å². The van der Waals surface area contributed by atoms with E-state index >= 15 is 0 Å². The number of hydrogen-bond donors (Lipinski definition) is 1. The summed E-state index contributed by atoms with van der Waals surface area (Å²) in [6.07, 6.45) is 5.58. The van der Waals surface area contributed by atoms with Gasteiger partial charge in [-0.3, -0.25) is 4.79 Å². The summed E-state index contributed by atoms with van der Waals surface area (Å²) in [7, 11) is 1.93. The quantitative estimate of drug-likeness (QED) is 0.898. The van der Waals surface area contributed by atoms with Crippen LogP contribution in [0.4, 0.5) is 5.82 Å². The first-order valence-corrected chi connectivity index (χ1v) is 7.67. The smallest absolute Gasteiger partial charge is 0.254 e. The molecule has 1 amide bonds. The van der Waals surface area contributed by atoms with E-state index in [9.17, 15) is 4.79 Å². The van der Waals surface area contributed by atoms with Crippen molar-refractivity contribution in [3.63, 3.8) is 0 Å². The van der Waals surface area contributed by atoms with Crippen LogP contribution in [-0.4, -0.2) is 35.4 Å². The predicted octanol–water partition coefficient (Wildman–Crippen LogP) is 3.09. The van der Waals surface area contributed by atoms with Gasteiger partial charge in [0.1, 0.15) is 5.82 Å². The SMILES string of the molecule is CCNc1cc(C(=O)N(C)C2CCCC2)cc(CC)n1. The molecular formula is C16H25N3O. The fraction of sp³-hybridized carbons (Fsp3) is 0.625. The van der Waals surface area contributed by atoms with Gasteiger partial charge < -0.3 is 10.2 Å². The van der Waals surface area contributed by atoms with Gasteiger partial charge in [-0.15, -0.1) is 0 Å². The Bertz CT molecular complexity index is 467. The largest absolute Gasteiger partial charge is 0.370 e. The van der Waals surface area contributed by atoms with E-state index in [1.807, 2.05) is 31.0 Å². The first kappa shape index (κ1) is 14.8. The van der Waals surface area contributed by atoms with E-state index in [-0.39, 0.29) is 5.91 Å². The Hall–Kier alpha value is -1.58. The normalized spacial score (nSPS) is 15.3. The average Bonchev–Trinajstić information content (AvgIpc) is 2.99. The summed E-state index contributed by atoms with van der Waals surface area (Å²) in [4.78, 5) is 19.0. The van der Waals surface area contributed by atoms with Crippen LogP contribution in [0, 0.1) is 0 Å². The standard InChI is InChI=1S/C16H25N3O/c1-4-13-10-12(11-15(18-13)17-5-2)16(20)19(3)14-8-6-7-9-14/h10-11,14H,4-9H2,1-3H3,(H,17,18). The third-order valence-corrected chi connectivity index (χ3v) is 4.04. The van der Waals surface area contributed by atoms with Crippen molar-refractivity contribution in [3.05, 3.63) is 23.4 Å². The van der Waals surface area contributed by atoms with Crippen molar-refractivity contribution in [2.24, 2.45) is 0 Å². The van der Waals surface area contributed by atoms with Gasteiger partial charge in [0.2, 0.25) is 0 Å². The van der Waals surface area contributed by atoms with Gasteiger partial charge >= 0.3 is 0 Å². The molecule has 0 atom stereocenters. The van der Waals surface area contributed by atoms with Gasteiger partial charge in [-0.05, 0) is 38.3 Å². The zero-order chi connectivity index (χ0) is 14.5. The van der Waals surface area contributed by atoms with Crippen molar-refractivity contribution in [1.82, 2.24) is 9.88 Å². The van der Waals surface area contributed by atoms with Crippen LogP contribution < -0.4 is 5.32 Å². The second kappa shape index (κ2) is 6.73. The number of anilines is 1. The fourth-order valence-electron chi connectivity index (χ4n) is 2.83. The van der Waals surface area contributed by atoms with Gasteiger partial charge in [-0.1, -0.05) is 19.8 Å². The van der Waals surface area contributed by atoms with Crippen LogP contribution in [0.1, 0.15) is 55.6 Å². The summed E-state index contributed by atoms with van der Waals surface area (Å²) in [5, 5.41) is 3.20. The minimum Gasteiger partial charge on any atom is -0.370 e. The lowest BCUT2D eigenvalue weighted by Gasteiger charge is -2.24. The molecule has 110 valence electrons. The highest BCUT2D eigenvalue weighted by atomic mass is 16.2. The molecule has 1 saturated carbocycles. The van der Waals surface area contributed by atoms with Crippen LogP contribution in [0.15, 0.2) is 12.1 Å². The summed E-state index contributed by atoms with van der Waals surface area (Å²) in [6.45, 7) is 4.91. The number of carbonyl (C=O) groups is 1. The molecule has 0 saturated heterocycles. The highest BCUT2D eigenvalue weighted by molar-refractivity contribution is 5.95. The molecule has 1 aliphatic carbocycles. The van der Waals surface area contributed by atoms with Crippen LogP contribution in [-0.2, 0) is 6.42 Å². The molecule has 0 unspecified atom stereocenters.